The molecule has 84 valence electrons. The summed E-state index contributed by atoms with van der Waals surface area (Å²) < 4.78 is 0. The molecule has 3 nitrogen and oxygen atoms in total. The first-order chi connectivity index (χ1) is 7.75. The third-order valence-electron chi connectivity index (χ3n) is 3.66. The smallest absolute Gasteiger partial charge is 0.137 e. The zero-order valence-corrected chi connectivity index (χ0v) is 9.83. The van der Waals surface area contributed by atoms with Crippen molar-refractivity contribution < 1.29 is 0 Å². The van der Waals surface area contributed by atoms with Crippen LogP contribution < -0.4 is 0 Å². The van der Waals surface area contributed by atoms with Gasteiger partial charge >= 0.3 is 0 Å². The Labute approximate surface area is 95.5 Å². The fraction of sp³-hybridized carbons (Fsp3) is 0.462. The second-order valence-electron chi connectivity index (χ2n) is 4.84. The molecule has 0 unspecified atom stereocenters. The first kappa shape index (κ1) is 9.85. The Hall–Kier alpha value is -1.35. The summed E-state index contributed by atoms with van der Waals surface area (Å²) in [7, 11) is 4.34. The lowest BCUT2D eigenvalue weighted by Gasteiger charge is -2.28. The highest BCUT2D eigenvalue weighted by atomic mass is 15.1. The van der Waals surface area contributed by atoms with E-state index >= 15 is 0 Å². The molecule has 1 aliphatic rings. The average Bonchev–Trinajstić information content (AvgIpc) is 2.66. The van der Waals surface area contributed by atoms with Gasteiger partial charge in [0.15, 0.2) is 0 Å². The molecule has 0 amide bonds. The molecule has 0 radical (unpaired) electrons. The molecule has 1 atom stereocenters. The monoisotopic (exact) mass is 215 g/mol. The Morgan fingerprint density at radius 2 is 2.31 bits per heavy atom. The highest BCUT2D eigenvalue weighted by molar-refractivity contribution is 5.81. The summed E-state index contributed by atoms with van der Waals surface area (Å²) in [6.07, 6.45) is 5.39. The molecule has 3 rings (SSSR count). The SMILES string of the molecule is CN(C)[C@H]1CCc2[nH]c3ncccc3c2C1. The van der Waals surface area contributed by atoms with Gasteiger partial charge in [0.05, 0.1) is 0 Å². The zero-order chi connectivity index (χ0) is 11.1. The van der Waals surface area contributed by atoms with Gasteiger partial charge < -0.3 is 9.88 Å². The van der Waals surface area contributed by atoms with Crippen LogP contribution in [-0.2, 0) is 12.8 Å². The summed E-state index contributed by atoms with van der Waals surface area (Å²) in [5.41, 5.74) is 3.92. The van der Waals surface area contributed by atoms with E-state index < -0.39 is 0 Å². The normalized spacial score (nSPS) is 20.3. The van der Waals surface area contributed by atoms with Crippen molar-refractivity contribution in [3.05, 3.63) is 29.6 Å². The topological polar surface area (TPSA) is 31.9 Å². The van der Waals surface area contributed by atoms with Gasteiger partial charge in [0, 0.05) is 23.3 Å². The summed E-state index contributed by atoms with van der Waals surface area (Å²) in [6.45, 7) is 0. The number of hydrogen-bond donors (Lipinski definition) is 1. The van der Waals surface area contributed by atoms with Crippen molar-refractivity contribution in [3.8, 4) is 0 Å². The Balaban J connectivity index is 2.08. The molecule has 1 N–H and O–H groups in total. The number of rotatable bonds is 1. The summed E-state index contributed by atoms with van der Waals surface area (Å²) in [5.74, 6) is 0. The molecule has 0 aromatic carbocycles. The lowest BCUT2D eigenvalue weighted by atomic mass is 9.91. The largest absolute Gasteiger partial charge is 0.343 e. The number of aromatic nitrogens is 2. The van der Waals surface area contributed by atoms with Crippen molar-refractivity contribution in [1.29, 1.82) is 0 Å². The summed E-state index contributed by atoms with van der Waals surface area (Å²) in [5, 5.41) is 1.31. The van der Waals surface area contributed by atoms with Crippen LogP contribution in [0.25, 0.3) is 11.0 Å². The maximum absolute atomic E-state index is 4.39. The van der Waals surface area contributed by atoms with E-state index in [0.717, 1.165) is 18.5 Å². The van der Waals surface area contributed by atoms with Crippen LogP contribution in [0.15, 0.2) is 18.3 Å². The van der Waals surface area contributed by atoms with Gasteiger partial charge in [-0.3, -0.25) is 0 Å². The molecule has 1 aliphatic carbocycles. The van der Waals surface area contributed by atoms with Gasteiger partial charge in [0.25, 0.3) is 0 Å². The lowest BCUT2D eigenvalue weighted by molar-refractivity contribution is 0.268. The van der Waals surface area contributed by atoms with Crippen LogP contribution in [0.4, 0.5) is 0 Å². The number of aryl methyl sites for hydroxylation is 1. The van der Waals surface area contributed by atoms with Gasteiger partial charge in [0.1, 0.15) is 5.65 Å². The molecule has 2 aromatic heterocycles. The fourth-order valence-electron chi connectivity index (χ4n) is 2.67. The molecule has 2 aromatic rings. The Morgan fingerprint density at radius 1 is 1.44 bits per heavy atom. The van der Waals surface area contributed by atoms with Crippen LogP contribution in [0, 0.1) is 0 Å². The van der Waals surface area contributed by atoms with Gasteiger partial charge in [-0.05, 0) is 51.1 Å². The number of H-pyrrole nitrogens is 1. The molecule has 0 spiro atoms. The van der Waals surface area contributed by atoms with E-state index in [-0.39, 0.29) is 0 Å². The van der Waals surface area contributed by atoms with Crippen molar-refractivity contribution in [2.24, 2.45) is 0 Å². The van der Waals surface area contributed by atoms with E-state index in [1.54, 1.807) is 0 Å². The third kappa shape index (κ3) is 1.43. The number of nitrogens with one attached hydrogen (secondary N) is 1. The maximum atomic E-state index is 4.39. The van der Waals surface area contributed by atoms with E-state index in [9.17, 15) is 0 Å². The van der Waals surface area contributed by atoms with E-state index in [4.69, 9.17) is 0 Å². The number of pyridine rings is 1. The highest BCUT2D eigenvalue weighted by Crippen LogP contribution is 2.29. The minimum atomic E-state index is 0.673. The number of hydrogen-bond acceptors (Lipinski definition) is 2. The zero-order valence-electron chi connectivity index (χ0n) is 9.83. The molecule has 16 heavy (non-hydrogen) atoms. The Kier molecular flexibility index (Phi) is 2.21. The number of nitrogens with zero attached hydrogens (tertiary/aromatic N) is 2. The van der Waals surface area contributed by atoms with Crippen LogP contribution in [-0.4, -0.2) is 35.0 Å². The maximum Gasteiger partial charge on any atom is 0.137 e. The second kappa shape index (κ2) is 3.59. The van der Waals surface area contributed by atoms with Gasteiger partial charge in [-0.25, -0.2) is 4.98 Å². The quantitative estimate of drug-likeness (QED) is 0.789. The van der Waals surface area contributed by atoms with Crippen molar-refractivity contribution in [3.63, 3.8) is 0 Å². The molecule has 0 bridgehead atoms. The minimum absolute atomic E-state index is 0.673. The molecule has 0 saturated carbocycles. The number of likely N-dealkylation sites (N-methyl/N-ethyl adjacent to an activating group) is 1. The fourth-order valence-corrected chi connectivity index (χ4v) is 2.67. The van der Waals surface area contributed by atoms with Crippen LogP contribution in [0.5, 0.6) is 0 Å². The van der Waals surface area contributed by atoms with Crippen LogP contribution in [0.3, 0.4) is 0 Å². The number of aromatic amines is 1. The van der Waals surface area contributed by atoms with Crippen molar-refractivity contribution in [2.75, 3.05) is 14.1 Å². The average molecular weight is 215 g/mol. The molecule has 3 heteroatoms. The van der Waals surface area contributed by atoms with Crippen molar-refractivity contribution in [2.45, 2.75) is 25.3 Å². The summed E-state index contributed by atoms with van der Waals surface area (Å²) in [4.78, 5) is 10.2. The molecular weight excluding hydrogens is 198 g/mol. The van der Waals surface area contributed by atoms with Crippen LogP contribution >= 0.6 is 0 Å². The Bertz CT molecular complexity index is 513. The summed E-state index contributed by atoms with van der Waals surface area (Å²) in [6, 6.07) is 4.87. The lowest BCUT2D eigenvalue weighted by Crippen LogP contribution is -2.33. The molecule has 0 aliphatic heterocycles. The van der Waals surface area contributed by atoms with E-state index in [1.165, 1.54) is 23.1 Å². The first-order valence-electron chi connectivity index (χ1n) is 5.86. The van der Waals surface area contributed by atoms with E-state index in [1.807, 2.05) is 12.3 Å². The second-order valence-corrected chi connectivity index (χ2v) is 4.84. The predicted molar refractivity (Wildman–Crippen MR) is 65.6 cm³/mol. The molecule has 0 fully saturated rings. The van der Waals surface area contributed by atoms with Crippen LogP contribution in [0.2, 0.25) is 0 Å². The first-order valence-corrected chi connectivity index (χ1v) is 5.86. The number of fused-ring (bicyclic) bond motifs is 3. The van der Waals surface area contributed by atoms with Crippen molar-refractivity contribution >= 4 is 11.0 Å². The molecule has 0 saturated heterocycles. The van der Waals surface area contributed by atoms with Gasteiger partial charge in [0.2, 0.25) is 0 Å². The highest BCUT2D eigenvalue weighted by Gasteiger charge is 2.23. The minimum Gasteiger partial charge on any atom is -0.343 e. The van der Waals surface area contributed by atoms with Gasteiger partial charge in [-0.1, -0.05) is 0 Å². The Morgan fingerprint density at radius 3 is 3.12 bits per heavy atom. The van der Waals surface area contributed by atoms with Gasteiger partial charge in [-0.2, -0.15) is 0 Å². The molecular formula is C13H17N3. The standard InChI is InChI=1S/C13H17N3/c1-16(2)9-5-6-12-11(8-9)10-4-3-7-14-13(10)15-12/h3-4,7,9H,5-6,8H2,1-2H3,(H,14,15)/t9-/m0/s1. The molecule has 2 heterocycles. The predicted octanol–water partition coefficient (Wildman–Crippen LogP) is 1.98. The van der Waals surface area contributed by atoms with E-state index in [2.05, 4.69) is 35.0 Å². The third-order valence-corrected chi connectivity index (χ3v) is 3.66. The van der Waals surface area contributed by atoms with E-state index in [0.29, 0.717) is 6.04 Å². The summed E-state index contributed by atoms with van der Waals surface area (Å²) >= 11 is 0. The van der Waals surface area contributed by atoms with Crippen molar-refractivity contribution in [1.82, 2.24) is 14.9 Å². The van der Waals surface area contributed by atoms with Crippen LogP contribution in [0.1, 0.15) is 17.7 Å². The van der Waals surface area contributed by atoms with Gasteiger partial charge in [-0.15, -0.1) is 0 Å².